The zero-order valence-corrected chi connectivity index (χ0v) is 17.3. The van der Waals surface area contributed by atoms with E-state index in [2.05, 4.69) is 10.6 Å². The summed E-state index contributed by atoms with van der Waals surface area (Å²) in [5.74, 6) is 0.928. The van der Waals surface area contributed by atoms with Crippen molar-refractivity contribution in [1.29, 1.82) is 0 Å². The summed E-state index contributed by atoms with van der Waals surface area (Å²) in [6, 6.07) is 17.1. The number of thioether (sulfide) groups is 1. The predicted molar refractivity (Wildman–Crippen MR) is 119 cm³/mol. The molecule has 2 aromatic rings. The molecule has 2 amide bonds. The highest BCUT2D eigenvalue weighted by molar-refractivity contribution is 7.99. The first-order valence-corrected chi connectivity index (χ1v) is 11.5. The fraction of sp³-hybridized carbons (Fsp3) is 0.391. The number of hydrogen-bond donors (Lipinski definition) is 2. The van der Waals surface area contributed by atoms with Gasteiger partial charge in [0.25, 0.3) is 5.91 Å². The zero-order chi connectivity index (χ0) is 20.1. The van der Waals surface area contributed by atoms with Gasteiger partial charge in [0.1, 0.15) is 6.04 Å². The van der Waals surface area contributed by atoms with E-state index in [1.807, 2.05) is 42.5 Å². The number of carbonyl (C=O) groups excluding carboxylic acids is 2. The van der Waals surface area contributed by atoms with Crippen LogP contribution in [-0.2, 0) is 4.79 Å². The van der Waals surface area contributed by atoms with Gasteiger partial charge in [-0.2, -0.15) is 0 Å². The van der Waals surface area contributed by atoms with Crippen molar-refractivity contribution in [1.82, 2.24) is 4.90 Å². The lowest BCUT2D eigenvalue weighted by Gasteiger charge is -2.24. The first kappa shape index (κ1) is 19.8. The highest BCUT2D eigenvalue weighted by atomic mass is 32.2. The monoisotopic (exact) mass is 409 g/mol. The van der Waals surface area contributed by atoms with E-state index >= 15 is 0 Å². The van der Waals surface area contributed by atoms with E-state index in [9.17, 15) is 9.59 Å². The van der Waals surface area contributed by atoms with E-state index in [1.165, 1.54) is 32.1 Å². The van der Waals surface area contributed by atoms with Gasteiger partial charge in [-0.05, 0) is 49.2 Å². The van der Waals surface area contributed by atoms with Gasteiger partial charge < -0.3 is 15.5 Å². The normalized spacial score (nSPS) is 19.7. The number of rotatable bonds is 5. The van der Waals surface area contributed by atoms with Gasteiger partial charge in [0.15, 0.2) is 0 Å². The lowest BCUT2D eigenvalue weighted by atomic mass is 9.95. The van der Waals surface area contributed by atoms with Gasteiger partial charge in [-0.15, -0.1) is 11.8 Å². The number of carbonyl (C=O) groups is 2. The van der Waals surface area contributed by atoms with Gasteiger partial charge in [-0.25, -0.2) is 0 Å². The molecule has 2 fully saturated rings. The maximum Gasteiger partial charge on any atom is 0.255 e. The topological polar surface area (TPSA) is 61.4 Å². The molecule has 1 saturated heterocycles. The van der Waals surface area contributed by atoms with Crippen molar-refractivity contribution < 1.29 is 9.59 Å². The Labute approximate surface area is 176 Å². The summed E-state index contributed by atoms with van der Waals surface area (Å²) in [5.41, 5.74) is 2.46. The van der Waals surface area contributed by atoms with Gasteiger partial charge >= 0.3 is 0 Å². The molecule has 0 spiro atoms. The first-order valence-electron chi connectivity index (χ1n) is 10.3. The maximum absolute atomic E-state index is 12.8. The highest BCUT2D eigenvalue weighted by Gasteiger charge is 2.35. The van der Waals surface area contributed by atoms with Crippen molar-refractivity contribution in [2.75, 3.05) is 22.3 Å². The van der Waals surface area contributed by atoms with Crippen LogP contribution in [0.15, 0.2) is 54.6 Å². The second kappa shape index (κ2) is 9.35. The molecule has 1 aliphatic heterocycles. The Balaban J connectivity index is 1.36. The van der Waals surface area contributed by atoms with E-state index in [1.54, 1.807) is 28.8 Å². The van der Waals surface area contributed by atoms with Crippen molar-refractivity contribution >= 4 is 35.0 Å². The molecule has 0 radical (unpaired) electrons. The standard InChI is InChI=1S/C23H27N3O2S/c27-22(21-15-29-16-26(21)23(28)17-7-3-1-4-8-17)25-20-13-11-19(12-14-20)24-18-9-5-2-6-10-18/h1,3-4,7-8,11-14,18,21,24H,2,5-6,9-10,15-16H2,(H,25,27). The third kappa shape index (κ3) is 4.93. The Morgan fingerprint density at radius 2 is 1.59 bits per heavy atom. The molecule has 1 unspecified atom stereocenters. The van der Waals surface area contributed by atoms with Crippen LogP contribution in [0.2, 0.25) is 0 Å². The molecule has 2 N–H and O–H groups in total. The molecule has 1 atom stereocenters. The lowest BCUT2D eigenvalue weighted by molar-refractivity contribution is -0.119. The Bertz CT molecular complexity index is 835. The van der Waals surface area contributed by atoms with Crippen molar-refractivity contribution in [2.24, 2.45) is 0 Å². The second-order valence-electron chi connectivity index (χ2n) is 7.70. The largest absolute Gasteiger partial charge is 0.382 e. The summed E-state index contributed by atoms with van der Waals surface area (Å²) in [5, 5.41) is 6.56. The summed E-state index contributed by atoms with van der Waals surface area (Å²) in [7, 11) is 0. The van der Waals surface area contributed by atoms with Gasteiger partial charge in [0.2, 0.25) is 5.91 Å². The number of anilines is 2. The summed E-state index contributed by atoms with van der Waals surface area (Å²) in [6.07, 6.45) is 6.38. The van der Waals surface area contributed by atoms with E-state index in [0.717, 1.165) is 11.4 Å². The first-order chi connectivity index (χ1) is 14.2. The fourth-order valence-electron chi connectivity index (χ4n) is 3.96. The van der Waals surface area contributed by atoms with E-state index in [-0.39, 0.29) is 11.8 Å². The van der Waals surface area contributed by atoms with Crippen LogP contribution in [0.3, 0.4) is 0 Å². The Morgan fingerprint density at radius 1 is 0.897 bits per heavy atom. The van der Waals surface area contributed by atoms with Gasteiger partial charge in [-0.3, -0.25) is 9.59 Å². The molecule has 2 aliphatic rings. The van der Waals surface area contributed by atoms with Gasteiger partial charge in [0, 0.05) is 28.7 Å². The van der Waals surface area contributed by atoms with Gasteiger partial charge in [0.05, 0.1) is 5.88 Å². The summed E-state index contributed by atoms with van der Waals surface area (Å²) < 4.78 is 0. The molecule has 29 heavy (non-hydrogen) atoms. The molecule has 0 bridgehead atoms. The summed E-state index contributed by atoms with van der Waals surface area (Å²) in [4.78, 5) is 27.3. The molecule has 1 heterocycles. The van der Waals surface area contributed by atoms with Crippen LogP contribution in [0, 0.1) is 0 Å². The van der Waals surface area contributed by atoms with Gasteiger partial charge in [-0.1, -0.05) is 37.5 Å². The third-order valence-corrected chi connectivity index (χ3v) is 6.61. The smallest absolute Gasteiger partial charge is 0.255 e. The maximum atomic E-state index is 12.8. The van der Waals surface area contributed by atoms with Crippen LogP contribution in [0.25, 0.3) is 0 Å². The summed E-state index contributed by atoms with van der Waals surface area (Å²) in [6.45, 7) is 0. The number of nitrogens with zero attached hydrogens (tertiary/aromatic N) is 1. The molecule has 1 aliphatic carbocycles. The molecule has 5 nitrogen and oxygen atoms in total. The number of amides is 2. The van der Waals surface area contributed by atoms with Crippen LogP contribution in [0.4, 0.5) is 11.4 Å². The number of nitrogens with one attached hydrogen (secondary N) is 2. The SMILES string of the molecule is O=C(Nc1ccc(NC2CCCCC2)cc1)C1CSCN1C(=O)c1ccccc1. The second-order valence-corrected chi connectivity index (χ2v) is 8.70. The van der Waals surface area contributed by atoms with Crippen LogP contribution in [0.5, 0.6) is 0 Å². The van der Waals surface area contributed by atoms with E-state index in [0.29, 0.717) is 23.2 Å². The van der Waals surface area contributed by atoms with Crippen LogP contribution in [0.1, 0.15) is 42.5 Å². The van der Waals surface area contributed by atoms with Crippen molar-refractivity contribution in [2.45, 2.75) is 44.2 Å². The van der Waals surface area contributed by atoms with Crippen molar-refractivity contribution in [3.05, 3.63) is 60.2 Å². The van der Waals surface area contributed by atoms with Crippen LogP contribution >= 0.6 is 11.8 Å². The minimum Gasteiger partial charge on any atom is -0.382 e. The molecule has 0 aromatic heterocycles. The molecular weight excluding hydrogens is 382 g/mol. The molecular formula is C23H27N3O2S. The average molecular weight is 410 g/mol. The zero-order valence-electron chi connectivity index (χ0n) is 16.5. The van der Waals surface area contributed by atoms with Crippen LogP contribution < -0.4 is 10.6 Å². The van der Waals surface area contributed by atoms with E-state index < -0.39 is 6.04 Å². The third-order valence-electron chi connectivity index (χ3n) is 5.59. The molecule has 152 valence electrons. The molecule has 4 rings (SSSR count). The fourth-order valence-corrected chi connectivity index (χ4v) is 5.12. The van der Waals surface area contributed by atoms with Crippen molar-refractivity contribution in [3.63, 3.8) is 0 Å². The Morgan fingerprint density at radius 3 is 2.31 bits per heavy atom. The lowest BCUT2D eigenvalue weighted by Crippen LogP contribution is -2.44. The highest BCUT2D eigenvalue weighted by Crippen LogP contribution is 2.25. The molecule has 2 aromatic carbocycles. The predicted octanol–water partition coefficient (Wildman–Crippen LogP) is 4.59. The average Bonchev–Trinajstić information content (AvgIpc) is 3.26. The Hall–Kier alpha value is -2.47. The molecule has 6 heteroatoms. The number of benzene rings is 2. The minimum absolute atomic E-state index is 0.0946. The molecule has 1 saturated carbocycles. The minimum atomic E-state index is -0.451. The number of hydrogen-bond acceptors (Lipinski definition) is 4. The summed E-state index contributed by atoms with van der Waals surface area (Å²) >= 11 is 1.61. The van der Waals surface area contributed by atoms with E-state index in [4.69, 9.17) is 0 Å². The Kier molecular flexibility index (Phi) is 6.39. The quantitative estimate of drug-likeness (QED) is 0.759. The van der Waals surface area contributed by atoms with Crippen LogP contribution in [-0.4, -0.2) is 40.4 Å². The van der Waals surface area contributed by atoms with Crippen molar-refractivity contribution in [3.8, 4) is 0 Å².